The topological polar surface area (TPSA) is 0 Å². The first-order chi connectivity index (χ1) is 12.2. The Morgan fingerprint density at radius 2 is 0.815 bits per heavy atom. The van der Waals surface area contributed by atoms with Gasteiger partial charge in [0.1, 0.15) is 0 Å². The van der Waals surface area contributed by atoms with Gasteiger partial charge in [-0.3, -0.25) is 0 Å². The minimum atomic E-state index is -3.24. The van der Waals surface area contributed by atoms with Crippen LogP contribution in [0.25, 0.3) is 0 Å². The van der Waals surface area contributed by atoms with Gasteiger partial charge in [0.25, 0.3) is 0 Å². The average molecular weight is 494 g/mol. The molecule has 2 aromatic rings. The number of hydrogen-bond acceptors (Lipinski definition) is 0. The number of rotatable bonds is 6. The molecule has 0 aliphatic rings. The fourth-order valence-corrected chi connectivity index (χ4v) is 80.8. The molecule has 0 atom stereocenters. The van der Waals surface area contributed by atoms with E-state index in [1.54, 1.807) is 0 Å². The van der Waals surface area contributed by atoms with Crippen LogP contribution in [0.2, 0.25) is 62.0 Å². The predicted octanol–water partition coefficient (Wildman–Crippen LogP) is 6.36. The third kappa shape index (κ3) is 3.63. The Hall–Kier alpha value is -0.0765. The van der Waals surface area contributed by atoms with Crippen LogP contribution in [0.5, 0.6) is 0 Å². The monoisotopic (exact) mass is 494 g/mol. The van der Waals surface area contributed by atoms with Gasteiger partial charge in [-0.15, -0.1) is 0 Å². The second kappa shape index (κ2) is 7.64. The Labute approximate surface area is 177 Å². The van der Waals surface area contributed by atoms with E-state index in [1.165, 1.54) is 8.79 Å². The van der Waals surface area contributed by atoms with Crippen molar-refractivity contribution in [2.45, 2.75) is 62.0 Å². The zero-order valence-electron chi connectivity index (χ0n) is 18.7. The molecular weight excluding hydrogens is 457 g/mol. The molecule has 0 saturated carbocycles. The van der Waals surface area contributed by atoms with E-state index < -0.39 is 36.6 Å². The van der Waals surface area contributed by atoms with Gasteiger partial charge in [-0.1, -0.05) is 0 Å². The molecule has 0 heterocycles. The summed E-state index contributed by atoms with van der Waals surface area (Å²) >= 11 is -3.24. The standard InChI is InChI=1S/C22H37ClGeSi3/c1-25(2,3)22(26(4,5)6,27(7,8)9)24(23,20-16-12-10-13-17-20)21-18-14-11-15-19-21/h10-19H,1-9H3. The third-order valence-electron chi connectivity index (χ3n) is 6.23. The Morgan fingerprint density at radius 3 is 1.04 bits per heavy atom. The number of hydrogen-bond donors (Lipinski definition) is 0. The van der Waals surface area contributed by atoms with Crippen molar-refractivity contribution in [3.63, 3.8) is 0 Å². The molecule has 0 bridgehead atoms. The van der Waals surface area contributed by atoms with Crippen LogP contribution in [-0.2, 0) is 0 Å². The molecule has 2 rings (SSSR count). The van der Waals surface area contributed by atoms with Gasteiger partial charge in [0.2, 0.25) is 0 Å². The van der Waals surface area contributed by atoms with Crippen LogP contribution in [-0.4, -0.2) is 36.6 Å². The van der Waals surface area contributed by atoms with Gasteiger partial charge in [0.15, 0.2) is 0 Å². The van der Waals surface area contributed by atoms with Gasteiger partial charge >= 0.3 is 178 Å². The summed E-state index contributed by atoms with van der Waals surface area (Å²) in [6, 6.07) is 22.4. The molecule has 0 aromatic heterocycles. The normalized spacial score (nSPS) is 14.3. The van der Waals surface area contributed by atoms with E-state index in [1.807, 2.05) is 0 Å². The van der Waals surface area contributed by atoms with Gasteiger partial charge in [-0.2, -0.15) is 0 Å². The molecule has 0 fully saturated rings. The Balaban J connectivity index is 3.11. The summed E-state index contributed by atoms with van der Waals surface area (Å²) in [5.74, 6) is 0. The summed E-state index contributed by atoms with van der Waals surface area (Å²) in [6.07, 6.45) is 0. The van der Waals surface area contributed by atoms with Gasteiger partial charge in [-0.25, -0.2) is 0 Å². The molecule has 148 valence electrons. The molecule has 0 unspecified atom stereocenters. The van der Waals surface area contributed by atoms with Crippen LogP contribution in [0.15, 0.2) is 60.7 Å². The maximum atomic E-state index is 8.26. The van der Waals surface area contributed by atoms with Crippen LogP contribution in [0.3, 0.4) is 0 Å². The molecule has 0 nitrogen and oxygen atoms in total. The van der Waals surface area contributed by atoms with Crippen molar-refractivity contribution in [3.05, 3.63) is 60.7 Å². The van der Waals surface area contributed by atoms with Crippen molar-refractivity contribution in [3.8, 4) is 0 Å². The number of benzene rings is 2. The Kier molecular flexibility index (Phi) is 6.56. The third-order valence-corrected chi connectivity index (χ3v) is 59.6. The molecule has 2 aromatic carbocycles. The van der Waals surface area contributed by atoms with E-state index in [2.05, 4.69) is 120 Å². The molecule has 5 heteroatoms. The SMILES string of the molecule is C[Si](C)(C)[C]([Si](C)(C)C)([Si](C)(C)C)[Ge]([Cl])([c]1ccccc1)[c]1ccccc1. The quantitative estimate of drug-likeness (QED) is 0.411. The summed E-state index contributed by atoms with van der Waals surface area (Å²) in [7, 11) is 3.36. The molecule has 0 radical (unpaired) electrons. The summed E-state index contributed by atoms with van der Waals surface area (Å²) in [4.78, 5) is 0. The van der Waals surface area contributed by atoms with Crippen molar-refractivity contribution in [1.29, 1.82) is 0 Å². The van der Waals surface area contributed by atoms with E-state index >= 15 is 0 Å². The molecule has 0 N–H and O–H groups in total. The zero-order valence-corrected chi connectivity index (χ0v) is 24.5. The minimum absolute atomic E-state index is 0.345. The van der Waals surface area contributed by atoms with Gasteiger partial charge in [0, 0.05) is 0 Å². The van der Waals surface area contributed by atoms with Gasteiger partial charge in [-0.05, 0) is 0 Å². The fourth-order valence-electron chi connectivity index (χ4n) is 6.86. The molecule has 0 aliphatic carbocycles. The van der Waals surface area contributed by atoms with Crippen LogP contribution in [0.1, 0.15) is 0 Å². The van der Waals surface area contributed by atoms with E-state index in [0.29, 0.717) is 3.12 Å². The molecule has 0 saturated heterocycles. The maximum absolute atomic E-state index is 8.26. The summed E-state index contributed by atoms with van der Waals surface area (Å²) in [5.41, 5.74) is 0. The first-order valence-electron chi connectivity index (χ1n) is 10.0. The summed E-state index contributed by atoms with van der Waals surface area (Å²) in [6.45, 7) is 23.5. The van der Waals surface area contributed by atoms with Crippen LogP contribution >= 0.6 is 10.0 Å². The summed E-state index contributed by atoms with van der Waals surface area (Å²) in [5, 5.41) is 0. The predicted molar refractivity (Wildman–Crippen MR) is 136 cm³/mol. The average Bonchev–Trinajstić information content (AvgIpc) is 2.52. The molecular formula is C22H37ClGeSi3. The van der Waals surface area contributed by atoms with Gasteiger partial charge < -0.3 is 0 Å². The van der Waals surface area contributed by atoms with Crippen LogP contribution < -0.4 is 8.79 Å². The van der Waals surface area contributed by atoms with E-state index in [-0.39, 0.29) is 0 Å². The Bertz CT molecular complexity index is 681. The molecule has 0 spiro atoms. The fraction of sp³-hybridized carbons (Fsp3) is 0.455. The second-order valence-electron chi connectivity index (χ2n) is 10.9. The molecule has 0 amide bonds. The molecule has 27 heavy (non-hydrogen) atoms. The summed E-state index contributed by atoms with van der Waals surface area (Å²) < 4.78 is 3.26. The van der Waals surface area contributed by atoms with Gasteiger partial charge in [0.05, 0.1) is 0 Å². The molecule has 0 aliphatic heterocycles. The first kappa shape index (κ1) is 23.2. The van der Waals surface area contributed by atoms with Crippen molar-refractivity contribution in [1.82, 2.24) is 0 Å². The number of halogens is 1. The first-order valence-corrected chi connectivity index (χ1v) is 26.4. The van der Waals surface area contributed by atoms with Crippen molar-refractivity contribution in [2.75, 3.05) is 0 Å². The van der Waals surface area contributed by atoms with Crippen LogP contribution in [0, 0.1) is 0 Å². The van der Waals surface area contributed by atoms with E-state index in [4.69, 9.17) is 10.0 Å². The van der Waals surface area contributed by atoms with E-state index in [0.717, 1.165) is 0 Å². The van der Waals surface area contributed by atoms with Crippen molar-refractivity contribution in [2.24, 2.45) is 0 Å². The Morgan fingerprint density at radius 1 is 0.556 bits per heavy atom. The second-order valence-corrected chi connectivity index (χ2v) is 41.0. The van der Waals surface area contributed by atoms with Crippen LogP contribution in [0.4, 0.5) is 0 Å². The van der Waals surface area contributed by atoms with Crippen molar-refractivity contribution < 1.29 is 0 Å². The zero-order chi connectivity index (χ0) is 20.7. The van der Waals surface area contributed by atoms with Crippen molar-refractivity contribution >= 4 is 55.4 Å². The van der Waals surface area contributed by atoms with E-state index in [9.17, 15) is 0 Å².